The number of likely N-dealkylation sites (N-methyl/N-ethyl adjacent to an activating group) is 1. The Hall–Kier alpha value is -2.24. The number of anilines is 1. The fraction of sp³-hybridized carbons (Fsp3) is 0.350. The summed E-state index contributed by atoms with van der Waals surface area (Å²) in [4.78, 5) is 14.3. The molecule has 0 aliphatic carbocycles. The average molecular weight is 375 g/mol. The summed E-state index contributed by atoms with van der Waals surface area (Å²) in [6.07, 6.45) is 0. The SMILES string of the molecule is Cc1cc(C)c(NC(=O)CN(C)Cc2ccc3c(c2)OCCO3)c(Cl)c1. The van der Waals surface area contributed by atoms with Gasteiger partial charge in [0, 0.05) is 6.54 Å². The zero-order chi connectivity index (χ0) is 18.7. The molecule has 6 heteroatoms. The summed E-state index contributed by atoms with van der Waals surface area (Å²) < 4.78 is 11.1. The van der Waals surface area contributed by atoms with Gasteiger partial charge in [-0.2, -0.15) is 0 Å². The van der Waals surface area contributed by atoms with Crippen LogP contribution in [0.5, 0.6) is 11.5 Å². The summed E-state index contributed by atoms with van der Waals surface area (Å²) in [7, 11) is 1.90. The first kappa shape index (κ1) is 18.5. The van der Waals surface area contributed by atoms with Crippen LogP contribution in [-0.4, -0.2) is 37.6 Å². The first-order chi connectivity index (χ1) is 12.4. The topological polar surface area (TPSA) is 50.8 Å². The quantitative estimate of drug-likeness (QED) is 0.864. The van der Waals surface area contributed by atoms with Crippen molar-refractivity contribution in [1.29, 1.82) is 0 Å². The Balaban J connectivity index is 1.59. The zero-order valence-electron chi connectivity index (χ0n) is 15.3. The molecule has 0 radical (unpaired) electrons. The maximum Gasteiger partial charge on any atom is 0.238 e. The third-order valence-corrected chi connectivity index (χ3v) is 4.47. The molecule has 0 aromatic heterocycles. The molecular weight excluding hydrogens is 352 g/mol. The first-order valence-corrected chi connectivity index (χ1v) is 8.94. The van der Waals surface area contributed by atoms with Crippen LogP contribution in [-0.2, 0) is 11.3 Å². The number of carbonyl (C=O) groups is 1. The number of benzene rings is 2. The Kier molecular flexibility index (Phi) is 5.69. The van der Waals surface area contributed by atoms with Crippen LogP contribution in [0.2, 0.25) is 5.02 Å². The van der Waals surface area contributed by atoms with Crippen molar-refractivity contribution < 1.29 is 14.3 Å². The lowest BCUT2D eigenvalue weighted by Crippen LogP contribution is -2.30. The monoisotopic (exact) mass is 374 g/mol. The lowest BCUT2D eigenvalue weighted by Gasteiger charge is -2.21. The summed E-state index contributed by atoms with van der Waals surface area (Å²) in [6, 6.07) is 9.71. The van der Waals surface area contributed by atoms with E-state index in [2.05, 4.69) is 5.32 Å². The van der Waals surface area contributed by atoms with E-state index in [0.717, 1.165) is 28.2 Å². The lowest BCUT2D eigenvalue weighted by atomic mass is 10.1. The minimum absolute atomic E-state index is 0.0982. The van der Waals surface area contributed by atoms with E-state index in [1.807, 2.05) is 56.1 Å². The zero-order valence-corrected chi connectivity index (χ0v) is 16.0. The predicted octanol–water partition coefficient (Wildman–Crippen LogP) is 3.80. The molecule has 1 aliphatic heterocycles. The molecule has 0 saturated heterocycles. The van der Waals surface area contributed by atoms with Crippen molar-refractivity contribution in [3.05, 3.63) is 52.0 Å². The van der Waals surface area contributed by atoms with Gasteiger partial charge in [0.2, 0.25) is 5.91 Å². The second-order valence-corrected chi connectivity index (χ2v) is 7.04. The van der Waals surface area contributed by atoms with E-state index in [1.165, 1.54) is 0 Å². The van der Waals surface area contributed by atoms with Crippen LogP contribution < -0.4 is 14.8 Å². The van der Waals surface area contributed by atoms with Crippen LogP contribution in [0.3, 0.4) is 0 Å². The number of nitrogens with one attached hydrogen (secondary N) is 1. The summed E-state index contributed by atoms with van der Waals surface area (Å²) in [6.45, 7) is 5.94. The Bertz CT molecular complexity index is 800. The van der Waals surface area contributed by atoms with Crippen LogP contribution in [0.1, 0.15) is 16.7 Å². The Morgan fingerprint density at radius 2 is 1.88 bits per heavy atom. The molecule has 0 spiro atoms. The second-order valence-electron chi connectivity index (χ2n) is 6.64. The molecule has 0 fully saturated rings. The maximum absolute atomic E-state index is 12.4. The van der Waals surface area contributed by atoms with Gasteiger partial charge < -0.3 is 14.8 Å². The molecule has 3 rings (SSSR count). The van der Waals surface area contributed by atoms with E-state index in [1.54, 1.807) is 0 Å². The van der Waals surface area contributed by atoms with Gasteiger partial charge in [0.15, 0.2) is 11.5 Å². The molecule has 2 aromatic rings. The van der Waals surface area contributed by atoms with Gasteiger partial charge in [-0.15, -0.1) is 0 Å². The van der Waals surface area contributed by atoms with Crippen LogP contribution >= 0.6 is 11.6 Å². The molecule has 0 unspecified atom stereocenters. The Morgan fingerprint density at radius 1 is 1.15 bits per heavy atom. The molecular formula is C20H23ClN2O3. The van der Waals surface area contributed by atoms with Gasteiger partial charge in [-0.1, -0.05) is 23.7 Å². The van der Waals surface area contributed by atoms with Crippen molar-refractivity contribution in [3.8, 4) is 11.5 Å². The van der Waals surface area contributed by atoms with Crippen molar-refractivity contribution in [2.75, 3.05) is 32.1 Å². The number of rotatable bonds is 5. The highest BCUT2D eigenvalue weighted by Gasteiger charge is 2.14. The third kappa shape index (κ3) is 4.48. The van der Waals surface area contributed by atoms with Crippen LogP contribution in [0.15, 0.2) is 30.3 Å². The third-order valence-electron chi connectivity index (χ3n) is 4.17. The highest BCUT2D eigenvalue weighted by atomic mass is 35.5. The van der Waals surface area contributed by atoms with Crippen molar-refractivity contribution >= 4 is 23.2 Å². The van der Waals surface area contributed by atoms with Crippen molar-refractivity contribution in [2.45, 2.75) is 20.4 Å². The second kappa shape index (κ2) is 7.98. The van der Waals surface area contributed by atoms with E-state index >= 15 is 0 Å². The highest BCUT2D eigenvalue weighted by Crippen LogP contribution is 2.31. The number of halogens is 1. The first-order valence-electron chi connectivity index (χ1n) is 8.56. The molecule has 1 heterocycles. The highest BCUT2D eigenvalue weighted by molar-refractivity contribution is 6.34. The van der Waals surface area contributed by atoms with Crippen molar-refractivity contribution in [2.24, 2.45) is 0 Å². The number of hydrogen-bond acceptors (Lipinski definition) is 4. The number of fused-ring (bicyclic) bond motifs is 1. The summed E-state index contributed by atoms with van der Waals surface area (Å²) in [5.41, 5.74) is 3.77. The van der Waals surface area contributed by atoms with E-state index in [-0.39, 0.29) is 12.5 Å². The van der Waals surface area contributed by atoms with E-state index in [4.69, 9.17) is 21.1 Å². The van der Waals surface area contributed by atoms with E-state index < -0.39 is 0 Å². The Labute approximate surface area is 158 Å². The summed E-state index contributed by atoms with van der Waals surface area (Å²) in [5.74, 6) is 1.43. The van der Waals surface area contributed by atoms with Gasteiger partial charge in [0.05, 0.1) is 17.3 Å². The van der Waals surface area contributed by atoms with Gasteiger partial charge in [-0.05, 0) is 55.8 Å². The van der Waals surface area contributed by atoms with Crippen molar-refractivity contribution in [1.82, 2.24) is 4.90 Å². The minimum atomic E-state index is -0.0982. The average Bonchev–Trinajstić information content (AvgIpc) is 2.58. The molecule has 138 valence electrons. The number of amides is 1. The van der Waals surface area contributed by atoms with Crippen molar-refractivity contribution in [3.63, 3.8) is 0 Å². The van der Waals surface area contributed by atoms with Gasteiger partial charge in [0.1, 0.15) is 13.2 Å². The molecule has 1 N–H and O–H groups in total. The molecule has 26 heavy (non-hydrogen) atoms. The van der Waals surface area contributed by atoms with Crippen LogP contribution in [0, 0.1) is 13.8 Å². The number of carbonyl (C=O) groups excluding carboxylic acids is 1. The molecule has 2 aromatic carbocycles. The van der Waals surface area contributed by atoms with Gasteiger partial charge in [-0.25, -0.2) is 0 Å². The molecule has 0 atom stereocenters. The number of hydrogen-bond donors (Lipinski definition) is 1. The fourth-order valence-corrected chi connectivity index (χ4v) is 3.42. The normalized spacial score (nSPS) is 13.0. The number of nitrogens with zero attached hydrogens (tertiary/aromatic N) is 1. The summed E-state index contributed by atoms with van der Waals surface area (Å²) >= 11 is 6.26. The predicted molar refractivity (Wildman–Crippen MR) is 103 cm³/mol. The summed E-state index contributed by atoms with van der Waals surface area (Å²) in [5, 5.41) is 3.48. The minimum Gasteiger partial charge on any atom is -0.486 e. The van der Waals surface area contributed by atoms with Gasteiger partial charge in [-0.3, -0.25) is 9.69 Å². The van der Waals surface area contributed by atoms with Gasteiger partial charge in [0.25, 0.3) is 0 Å². The molecule has 0 saturated carbocycles. The molecule has 5 nitrogen and oxygen atoms in total. The molecule has 1 amide bonds. The molecule has 0 bridgehead atoms. The fourth-order valence-electron chi connectivity index (χ4n) is 3.05. The molecule has 1 aliphatic rings. The Morgan fingerprint density at radius 3 is 2.62 bits per heavy atom. The standard InChI is InChI=1S/C20H23ClN2O3/c1-13-8-14(2)20(16(21)9-13)22-19(24)12-23(3)11-15-4-5-17-18(10-15)26-7-6-25-17/h4-5,8-10H,6-7,11-12H2,1-3H3,(H,22,24). The van der Waals surface area contributed by atoms with E-state index in [9.17, 15) is 4.79 Å². The van der Waals surface area contributed by atoms with Crippen LogP contribution in [0.25, 0.3) is 0 Å². The van der Waals surface area contributed by atoms with E-state index in [0.29, 0.717) is 30.5 Å². The lowest BCUT2D eigenvalue weighted by molar-refractivity contribution is -0.117. The largest absolute Gasteiger partial charge is 0.486 e. The number of aryl methyl sites for hydroxylation is 2. The van der Waals surface area contributed by atoms with Crippen LogP contribution in [0.4, 0.5) is 5.69 Å². The van der Waals surface area contributed by atoms with Gasteiger partial charge >= 0.3 is 0 Å². The smallest absolute Gasteiger partial charge is 0.238 e. The number of ether oxygens (including phenoxy) is 2. The maximum atomic E-state index is 12.4.